The van der Waals surface area contributed by atoms with Gasteiger partial charge in [-0.2, -0.15) is 0 Å². The van der Waals surface area contributed by atoms with E-state index < -0.39 is 118 Å². The van der Waals surface area contributed by atoms with E-state index in [0.717, 1.165) is 5.57 Å². The van der Waals surface area contributed by atoms with Crippen molar-refractivity contribution < 1.29 is 64.7 Å². The van der Waals surface area contributed by atoms with Gasteiger partial charge >= 0.3 is 11.9 Å². The molecule has 1 saturated heterocycles. The molecule has 5 fully saturated rings. The minimum absolute atomic E-state index is 0.0949. The molecular formula is C37H58O13. The summed E-state index contributed by atoms with van der Waals surface area (Å²) >= 11 is 0. The van der Waals surface area contributed by atoms with Crippen LogP contribution in [0, 0.1) is 50.2 Å². The highest BCUT2D eigenvalue weighted by Crippen LogP contribution is 2.76. The standard InChI is InChI=1S/C37H58O13/c1-32(2)11-13-36(30(46)50-29-26(43)25(42)24(41)20(16-38)49-29)14-12-34(4)18(23(36)28(32)45)7-8-21-33(3)15-19(40)27(44)37(17-39,31(47)48-6)22(33)9-10-35(21,34)5/h7,19-29,38-45H,8-17H2,1-6H3/t19-,20-,21-,22-,23-,24-,25+,26-,27+,28+,29+,33-,34-,35-,36+,37+/m1/s1. The second kappa shape index (κ2) is 12.4. The zero-order chi connectivity index (χ0) is 37.0. The molecule has 13 nitrogen and oxygen atoms in total. The van der Waals surface area contributed by atoms with Crippen molar-refractivity contribution in [2.24, 2.45) is 50.2 Å². The maximum Gasteiger partial charge on any atom is 0.317 e. The Morgan fingerprint density at radius 2 is 1.50 bits per heavy atom. The monoisotopic (exact) mass is 710 g/mol. The summed E-state index contributed by atoms with van der Waals surface area (Å²) < 4.78 is 16.6. The minimum Gasteiger partial charge on any atom is -0.468 e. The van der Waals surface area contributed by atoms with Crippen LogP contribution in [-0.2, 0) is 23.8 Å². The largest absolute Gasteiger partial charge is 0.468 e. The van der Waals surface area contributed by atoms with Gasteiger partial charge in [0.1, 0.15) is 29.8 Å². The molecule has 0 aromatic rings. The quantitative estimate of drug-likeness (QED) is 0.145. The number of methoxy groups -OCH3 is 1. The van der Waals surface area contributed by atoms with Crippen molar-refractivity contribution in [3.8, 4) is 0 Å². The Kier molecular flexibility index (Phi) is 9.47. The number of fused-ring (bicyclic) bond motifs is 7. The van der Waals surface area contributed by atoms with Crippen molar-refractivity contribution in [2.75, 3.05) is 20.3 Å². The Morgan fingerprint density at radius 3 is 2.12 bits per heavy atom. The molecular weight excluding hydrogens is 652 g/mol. The molecule has 8 N–H and O–H groups in total. The van der Waals surface area contributed by atoms with Crippen molar-refractivity contribution in [3.63, 3.8) is 0 Å². The van der Waals surface area contributed by atoms with Gasteiger partial charge in [-0.15, -0.1) is 0 Å². The van der Waals surface area contributed by atoms with Gasteiger partial charge < -0.3 is 55.1 Å². The Morgan fingerprint density at radius 1 is 0.840 bits per heavy atom. The normalized spacial score (nSPS) is 52.7. The summed E-state index contributed by atoms with van der Waals surface area (Å²) in [6, 6.07) is 0. The summed E-state index contributed by atoms with van der Waals surface area (Å²) in [6.45, 7) is 9.08. The maximum absolute atomic E-state index is 14.5. The van der Waals surface area contributed by atoms with Gasteiger partial charge in [-0.1, -0.05) is 46.3 Å². The van der Waals surface area contributed by atoms with E-state index in [1.165, 1.54) is 7.11 Å². The molecule has 4 saturated carbocycles. The lowest BCUT2D eigenvalue weighted by atomic mass is 9.33. The average molecular weight is 711 g/mol. The average Bonchev–Trinajstić information content (AvgIpc) is 3.07. The third-order valence-electron chi connectivity index (χ3n) is 15.6. The van der Waals surface area contributed by atoms with E-state index in [2.05, 4.69) is 19.9 Å². The Hall–Kier alpha value is -1.68. The predicted octanol–water partition coefficient (Wildman–Crippen LogP) is 0.559. The first-order valence-electron chi connectivity index (χ1n) is 18.2. The minimum atomic E-state index is -1.75. The van der Waals surface area contributed by atoms with Crippen molar-refractivity contribution in [1.82, 2.24) is 0 Å². The Balaban J connectivity index is 1.41. The first-order valence-corrected chi connectivity index (χ1v) is 18.2. The van der Waals surface area contributed by atoms with Crippen molar-refractivity contribution >= 4 is 11.9 Å². The van der Waals surface area contributed by atoms with E-state index in [1.807, 2.05) is 20.8 Å². The summed E-state index contributed by atoms with van der Waals surface area (Å²) in [5, 5.41) is 86.6. The Bertz CT molecular complexity index is 1380. The van der Waals surface area contributed by atoms with Crippen LogP contribution in [0.4, 0.5) is 0 Å². The molecule has 0 amide bonds. The number of carbonyl (C=O) groups excluding carboxylic acids is 2. The molecule has 0 spiro atoms. The van der Waals surface area contributed by atoms with Crippen molar-refractivity contribution in [2.45, 2.75) is 135 Å². The third-order valence-corrected chi connectivity index (χ3v) is 15.6. The molecule has 6 aliphatic rings. The van der Waals surface area contributed by atoms with Crippen LogP contribution in [0.25, 0.3) is 0 Å². The summed E-state index contributed by atoms with van der Waals surface area (Å²) in [5.41, 5.74) is -4.13. The molecule has 1 aliphatic heterocycles. The van der Waals surface area contributed by atoms with Crippen molar-refractivity contribution in [1.29, 1.82) is 0 Å². The van der Waals surface area contributed by atoms with Crippen LogP contribution >= 0.6 is 0 Å². The number of allylic oxidation sites excluding steroid dienone is 1. The summed E-state index contributed by atoms with van der Waals surface area (Å²) in [5.74, 6) is -2.64. The van der Waals surface area contributed by atoms with Gasteiger partial charge in [0, 0.05) is 5.92 Å². The van der Waals surface area contributed by atoms with Gasteiger partial charge in [0.05, 0.1) is 44.1 Å². The molecule has 50 heavy (non-hydrogen) atoms. The zero-order valence-corrected chi connectivity index (χ0v) is 30.1. The molecule has 0 radical (unpaired) electrons. The molecule has 0 aromatic heterocycles. The number of carbonyl (C=O) groups is 2. The van der Waals surface area contributed by atoms with Gasteiger partial charge in [0.25, 0.3) is 0 Å². The molecule has 1 heterocycles. The van der Waals surface area contributed by atoms with Gasteiger partial charge in [-0.3, -0.25) is 9.59 Å². The summed E-state index contributed by atoms with van der Waals surface area (Å²) in [6.07, 6.45) is -5.86. The number of aliphatic hydroxyl groups excluding tert-OH is 8. The molecule has 6 rings (SSSR count). The summed E-state index contributed by atoms with van der Waals surface area (Å²) in [7, 11) is 1.22. The fourth-order valence-electron chi connectivity index (χ4n) is 12.3. The van der Waals surface area contributed by atoms with E-state index in [-0.39, 0.29) is 12.3 Å². The van der Waals surface area contributed by atoms with Gasteiger partial charge in [0.15, 0.2) is 0 Å². The van der Waals surface area contributed by atoms with E-state index in [4.69, 9.17) is 14.2 Å². The van der Waals surface area contributed by atoms with E-state index >= 15 is 0 Å². The van der Waals surface area contributed by atoms with Gasteiger partial charge in [0.2, 0.25) is 6.29 Å². The van der Waals surface area contributed by atoms with Crippen LogP contribution < -0.4 is 0 Å². The smallest absolute Gasteiger partial charge is 0.317 e. The number of hydrogen-bond donors (Lipinski definition) is 8. The van der Waals surface area contributed by atoms with Crippen LogP contribution in [-0.4, -0.2) is 122 Å². The van der Waals surface area contributed by atoms with Gasteiger partial charge in [-0.25, -0.2) is 0 Å². The number of ether oxygens (including phenoxy) is 3. The molecule has 13 heteroatoms. The first kappa shape index (κ1) is 38.1. The second-order valence-corrected chi connectivity index (χ2v) is 17.9. The predicted molar refractivity (Wildman–Crippen MR) is 175 cm³/mol. The van der Waals surface area contributed by atoms with E-state index in [9.17, 15) is 50.4 Å². The number of hydrogen-bond acceptors (Lipinski definition) is 13. The highest BCUT2D eigenvalue weighted by atomic mass is 16.7. The lowest BCUT2D eigenvalue weighted by Crippen LogP contribution is -2.71. The first-order chi connectivity index (χ1) is 23.3. The highest BCUT2D eigenvalue weighted by molar-refractivity contribution is 5.80. The highest BCUT2D eigenvalue weighted by Gasteiger charge is 2.74. The molecule has 5 aliphatic carbocycles. The van der Waals surface area contributed by atoms with E-state index in [0.29, 0.717) is 44.9 Å². The fraction of sp³-hybridized carbons (Fsp3) is 0.892. The zero-order valence-electron chi connectivity index (χ0n) is 30.1. The maximum atomic E-state index is 14.5. The number of aliphatic hydroxyl groups is 8. The van der Waals surface area contributed by atoms with Gasteiger partial charge in [-0.05, 0) is 84.9 Å². The fourth-order valence-corrected chi connectivity index (χ4v) is 12.3. The van der Waals surface area contributed by atoms with Crippen LogP contribution in [0.5, 0.6) is 0 Å². The van der Waals surface area contributed by atoms with Crippen LogP contribution in [0.2, 0.25) is 0 Å². The molecule has 0 bridgehead atoms. The third kappa shape index (κ3) is 4.83. The van der Waals surface area contributed by atoms with E-state index in [1.54, 1.807) is 0 Å². The van der Waals surface area contributed by atoms with Crippen LogP contribution in [0.3, 0.4) is 0 Å². The Labute approximate surface area is 293 Å². The van der Waals surface area contributed by atoms with Crippen LogP contribution in [0.15, 0.2) is 11.6 Å². The summed E-state index contributed by atoms with van der Waals surface area (Å²) in [4.78, 5) is 27.9. The molecule has 0 aromatic carbocycles. The van der Waals surface area contributed by atoms with Crippen molar-refractivity contribution in [3.05, 3.63) is 11.6 Å². The number of esters is 2. The lowest BCUT2D eigenvalue weighted by Gasteiger charge is -2.71. The lowest BCUT2D eigenvalue weighted by molar-refractivity contribution is -0.298. The number of rotatable bonds is 5. The molecule has 0 unspecified atom stereocenters. The molecule has 16 atom stereocenters. The molecule has 284 valence electrons. The topological polar surface area (TPSA) is 224 Å². The SMILES string of the molecule is COC(=O)[C@@]1(CO)[C@@H]2CC[C@]3(C)[C@H](CC=C4[C@@H]5[C@H](O)C(C)(C)CC[C@]5(C(=O)O[C@@H]5O[C@H](CO)[C@@H](O)[C@H](O)[C@H]5O)CC[C@]43C)[C@@]2(C)C[C@@H](O)[C@@H]1O. The second-order valence-electron chi connectivity index (χ2n) is 17.9. The van der Waals surface area contributed by atoms with Crippen LogP contribution in [0.1, 0.15) is 86.0 Å².